The van der Waals surface area contributed by atoms with E-state index in [1.54, 1.807) is 12.1 Å². The van der Waals surface area contributed by atoms with Crippen LogP contribution in [-0.2, 0) is 16.0 Å². The number of rotatable bonds is 7. The second-order valence-electron chi connectivity index (χ2n) is 5.42. The number of carbonyl (C=O) groups excluding carboxylic acids is 2. The van der Waals surface area contributed by atoms with E-state index in [-0.39, 0.29) is 24.2 Å². The van der Waals surface area contributed by atoms with Crippen molar-refractivity contribution in [3.63, 3.8) is 0 Å². The fraction of sp³-hybridized carbons (Fsp3) is 0.312. The zero-order chi connectivity index (χ0) is 17.5. The van der Waals surface area contributed by atoms with Gasteiger partial charge in [0.05, 0.1) is 12.6 Å². The quantitative estimate of drug-likeness (QED) is 0.542. The third-order valence-corrected chi connectivity index (χ3v) is 4.44. The zero-order valence-corrected chi connectivity index (χ0v) is 15.7. The van der Waals surface area contributed by atoms with Gasteiger partial charge in [-0.05, 0) is 45.4 Å². The maximum atomic E-state index is 12.2. The summed E-state index contributed by atoms with van der Waals surface area (Å²) >= 11 is 4.69. The van der Waals surface area contributed by atoms with Crippen molar-refractivity contribution in [3.05, 3.63) is 45.0 Å². The number of nitrogens with zero attached hydrogens (tertiary/aromatic N) is 1. The molecule has 2 aromatic heterocycles. The zero-order valence-electron chi connectivity index (χ0n) is 13.3. The lowest BCUT2D eigenvalue weighted by molar-refractivity contribution is -0.129. The number of hydrogen-bond acceptors (Lipinski definition) is 5. The number of nitrogens with one attached hydrogen (secondary N) is 2. The molecule has 0 aromatic carbocycles. The Hall–Kier alpha value is -1.93. The van der Waals surface area contributed by atoms with Crippen LogP contribution in [0.3, 0.4) is 0 Å². The predicted molar refractivity (Wildman–Crippen MR) is 96.9 cm³/mol. The highest BCUT2D eigenvalue weighted by Crippen LogP contribution is 2.12. The molecule has 6 nitrogen and oxygen atoms in total. The van der Waals surface area contributed by atoms with Gasteiger partial charge in [-0.3, -0.25) is 9.59 Å². The van der Waals surface area contributed by atoms with Crippen molar-refractivity contribution in [2.24, 2.45) is 11.0 Å². The minimum Gasteiger partial charge on any atom is -0.448 e. The highest BCUT2D eigenvalue weighted by Gasteiger charge is 2.24. The standard InChI is InChI=1S/C16H18BrN3O3S/c1-10(2)15(19-14(21)8-12-4-3-7-24-12)16(22)20-18-9-11-5-6-13(17)23-11/h3-7,9-10,15H,8H2,1-2H3,(H,19,21)(H,20,22)/b18-9+. The molecule has 0 aliphatic heterocycles. The largest absolute Gasteiger partial charge is 0.448 e. The summed E-state index contributed by atoms with van der Waals surface area (Å²) in [5.41, 5.74) is 2.43. The minimum absolute atomic E-state index is 0.0646. The van der Waals surface area contributed by atoms with E-state index in [4.69, 9.17) is 4.42 Å². The lowest BCUT2D eigenvalue weighted by Crippen LogP contribution is -2.49. The molecular weight excluding hydrogens is 394 g/mol. The third kappa shape index (κ3) is 5.61. The molecule has 0 saturated carbocycles. The van der Waals surface area contributed by atoms with Crippen LogP contribution in [0.25, 0.3) is 0 Å². The molecule has 0 aliphatic carbocycles. The number of furan rings is 1. The highest BCUT2D eigenvalue weighted by molar-refractivity contribution is 9.10. The molecule has 0 bridgehead atoms. The second kappa shape index (κ2) is 8.79. The van der Waals surface area contributed by atoms with Crippen molar-refractivity contribution >= 4 is 45.3 Å². The molecule has 24 heavy (non-hydrogen) atoms. The van der Waals surface area contributed by atoms with Crippen LogP contribution in [0.15, 0.2) is 43.8 Å². The molecule has 0 aliphatic rings. The number of hydrazone groups is 1. The van der Waals surface area contributed by atoms with Gasteiger partial charge in [0.1, 0.15) is 11.8 Å². The van der Waals surface area contributed by atoms with Crippen molar-refractivity contribution in [2.45, 2.75) is 26.3 Å². The van der Waals surface area contributed by atoms with Crippen molar-refractivity contribution in [1.82, 2.24) is 10.7 Å². The summed E-state index contributed by atoms with van der Waals surface area (Å²) in [6, 6.07) is 6.56. The molecule has 2 amide bonds. The molecule has 1 unspecified atom stereocenters. The van der Waals surface area contributed by atoms with Crippen molar-refractivity contribution in [1.29, 1.82) is 0 Å². The Morgan fingerprint density at radius 3 is 2.75 bits per heavy atom. The molecule has 1 atom stereocenters. The SMILES string of the molecule is CC(C)C(NC(=O)Cc1cccs1)C(=O)N/N=C/c1ccc(Br)o1. The van der Waals surface area contributed by atoms with Gasteiger partial charge in [0, 0.05) is 4.88 Å². The fourth-order valence-electron chi connectivity index (χ4n) is 1.96. The maximum absolute atomic E-state index is 12.2. The Morgan fingerprint density at radius 1 is 1.38 bits per heavy atom. The summed E-state index contributed by atoms with van der Waals surface area (Å²) in [6.45, 7) is 3.73. The Kier molecular flexibility index (Phi) is 6.74. The first kappa shape index (κ1) is 18.4. The molecule has 0 fully saturated rings. The van der Waals surface area contributed by atoms with Crippen LogP contribution in [0.2, 0.25) is 0 Å². The highest BCUT2D eigenvalue weighted by atomic mass is 79.9. The normalized spacial score (nSPS) is 12.5. The van der Waals surface area contributed by atoms with E-state index in [0.29, 0.717) is 10.4 Å². The molecule has 8 heteroatoms. The lowest BCUT2D eigenvalue weighted by Gasteiger charge is -2.20. The predicted octanol–water partition coefficient (Wildman–Crippen LogP) is 2.94. The van der Waals surface area contributed by atoms with Crippen LogP contribution < -0.4 is 10.7 Å². The van der Waals surface area contributed by atoms with Gasteiger partial charge in [0.15, 0.2) is 4.67 Å². The van der Waals surface area contributed by atoms with Gasteiger partial charge >= 0.3 is 0 Å². The van der Waals surface area contributed by atoms with E-state index >= 15 is 0 Å². The molecule has 2 rings (SSSR count). The smallest absolute Gasteiger partial charge is 0.262 e. The van der Waals surface area contributed by atoms with Gasteiger partial charge in [0.25, 0.3) is 5.91 Å². The Balaban J connectivity index is 1.89. The number of hydrogen-bond donors (Lipinski definition) is 2. The Labute approximate surface area is 152 Å². The molecular formula is C16H18BrN3O3S. The van der Waals surface area contributed by atoms with Gasteiger partial charge in [-0.15, -0.1) is 11.3 Å². The van der Waals surface area contributed by atoms with Gasteiger partial charge in [0.2, 0.25) is 5.91 Å². The van der Waals surface area contributed by atoms with Gasteiger partial charge in [-0.2, -0.15) is 5.10 Å². The Bertz CT molecular complexity index is 710. The molecule has 2 aromatic rings. The second-order valence-corrected chi connectivity index (χ2v) is 7.24. The summed E-state index contributed by atoms with van der Waals surface area (Å²) in [4.78, 5) is 25.3. The first-order valence-electron chi connectivity index (χ1n) is 7.35. The van der Waals surface area contributed by atoms with Crippen molar-refractivity contribution < 1.29 is 14.0 Å². The van der Waals surface area contributed by atoms with Crippen molar-refractivity contribution in [3.8, 4) is 0 Å². The van der Waals surface area contributed by atoms with Crippen LogP contribution in [0.4, 0.5) is 0 Å². The van der Waals surface area contributed by atoms with Gasteiger partial charge < -0.3 is 9.73 Å². The average molecular weight is 412 g/mol. The van der Waals surface area contributed by atoms with Crippen LogP contribution in [0, 0.1) is 5.92 Å². The van der Waals surface area contributed by atoms with Gasteiger partial charge in [-0.25, -0.2) is 5.43 Å². The van der Waals surface area contributed by atoms with E-state index in [1.165, 1.54) is 17.6 Å². The van der Waals surface area contributed by atoms with E-state index in [9.17, 15) is 9.59 Å². The number of amides is 2. The molecule has 0 saturated heterocycles. The molecule has 0 spiro atoms. The summed E-state index contributed by atoms with van der Waals surface area (Å²) in [7, 11) is 0. The topological polar surface area (TPSA) is 83.7 Å². The summed E-state index contributed by atoms with van der Waals surface area (Å²) in [5, 5.41) is 8.52. The summed E-state index contributed by atoms with van der Waals surface area (Å²) < 4.78 is 5.82. The van der Waals surface area contributed by atoms with E-state index in [2.05, 4.69) is 31.8 Å². The number of halogens is 1. The number of carbonyl (C=O) groups is 2. The molecule has 2 N–H and O–H groups in total. The molecule has 0 radical (unpaired) electrons. The van der Waals surface area contributed by atoms with E-state index < -0.39 is 6.04 Å². The fourth-order valence-corrected chi connectivity index (χ4v) is 2.98. The van der Waals surface area contributed by atoms with E-state index in [0.717, 1.165) is 4.88 Å². The maximum Gasteiger partial charge on any atom is 0.262 e. The molecule has 128 valence electrons. The Morgan fingerprint density at radius 2 is 2.17 bits per heavy atom. The minimum atomic E-state index is -0.655. The van der Waals surface area contributed by atoms with Crippen LogP contribution >= 0.6 is 27.3 Å². The lowest BCUT2D eigenvalue weighted by atomic mass is 10.0. The first-order chi connectivity index (χ1) is 11.5. The van der Waals surface area contributed by atoms with Crippen LogP contribution in [0.5, 0.6) is 0 Å². The monoisotopic (exact) mass is 411 g/mol. The summed E-state index contributed by atoms with van der Waals surface area (Å²) in [5.74, 6) is -0.119. The van der Waals surface area contributed by atoms with Gasteiger partial charge in [-0.1, -0.05) is 19.9 Å². The van der Waals surface area contributed by atoms with Crippen molar-refractivity contribution in [2.75, 3.05) is 0 Å². The third-order valence-electron chi connectivity index (χ3n) is 3.14. The molecule has 2 heterocycles. The van der Waals surface area contributed by atoms with Crippen LogP contribution in [0.1, 0.15) is 24.5 Å². The average Bonchev–Trinajstić information content (AvgIpc) is 3.16. The number of thiophene rings is 1. The first-order valence-corrected chi connectivity index (χ1v) is 9.03. The van der Waals surface area contributed by atoms with E-state index in [1.807, 2.05) is 31.4 Å². The van der Waals surface area contributed by atoms with Crippen LogP contribution in [-0.4, -0.2) is 24.1 Å². The summed E-state index contributed by atoms with van der Waals surface area (Å²) in [6.07, 6.45) is 1.66.